The summed E-state index contributed by atoms with van der Waals surface area (Å²) in [7, 11) is 1.89. The second-order valence-electron chi connectivity index (χ2n) is 3.34. The Balaban J connectivity index is 2.50. The fourth-order valence-electron chi connectivity index (χ4n) is 1.62. The van der Waals surface area contributed by atoms with Crippen LogP contribution in [0, 0.1) is 0 Å². The number of fused-ring (bicyclic) bond motifs is 1. The van der Waals surface area contributed by atoms with Gasteiger partial charge in [-0.1, -0.05) is 12.2 Å². The van der Waals surface area contributed by atoms with Crippen LogP contribution in [0.5, 0.6) is 0 Å². The summed E-state index contributed by atoms with van der Waals surface area (Å²) in [5.74, 6) is 1.37. The van der Waals surface area contributed by atoms with Crippen molar-refractivity contribution in [1.29, 1.82) is 0 Å². The maximum Gasteiger partial charge on any atom is 0.164 e. The summed E-state index contributed by atoms with van der Waals surface area (Å²) < 4.78 is 0. The van der Waals surface area contributed by atoms with E-state index in [-0.39, 0.29) is 5.54 Å². The molecule has 0 amide bonds. The van der Waals surface area contributed by atoms with Crippen LogP contribution in [0.2, 0.25) is 0 Å². The standard InChI is InChI=1S/C9H13N3O/c1-9(11-2)5-3-4-6-7(9)8(10)12-13-6/h3-5,11-12H,10H2,1-2H3. The first-order valence-electron chi connectivity index (χ1n) is 4.19. The van der Waals surface area contributed by atoms with E-state index >= 15 is 0 Å². The normalized spacial score (nSPS) is 30.8. The number of nitrogens with one attached hydrogen (secondary N) is 2. The Morgan fingerprint density at radius 2 is 2.38 bits per heavy atom. The van der Waals surface area contributed by atoms with Crippen molar-refractivity contribution < 1.29 is 4.84 Å². The SMILES string of the molecule is CNC1(C)C=CC=C2ONC(N)=C21. The third-order valence-corrected chi connectivity index (χ3v) is 2.50. The van der Waals surface area contributed by atoms with Crippen LogP contribution in [0.4, 0.5) is 0 Å². The van der Waals surface area contributed by atoms with Gasteiger partial charge in [-0.15, -0.1) is 0 Å². The average Bonchev–Trinajstić information content (AvgIpc) is 2.50. The third-order valence-electron chi connectivity index (χ3n) is 2.50. The lowest BCUT2D eigenvalue weighted by molar-refractivity contribution is 0.158. The van der Waals surface area contributed by atoms with Crippen molar-refractivity contribution in [3.63, 3.8) is 0 Å². The van der Waals surface area contributed by atoms with Gasteiger partial charge in [0.1, 0.15) is 5.82 Å². The van der Waals surface area contributed by atoms with E-state index < -0.39 is 0 Å². The van der Waals surface area contributed by atoms with Gasteiger partial charge in [0.2, 0.25) is 0 Å². The second-order valence-corrected chi connectivity index (χ2v) is 3.34. The highest BCUT2D eigenvalue weighted by molar-refractivity contribution is 5.49. The summed E-state index contributed by atoms with van der Waals surface area (Å²) in [6, 6.07) is 0. The molecule has 0 saturated heterocycles. The summed E-state index contributed by atoms with van der Waals surface area (Å²) >= 11 is 0. The molecule has 0 bridgehead atoms. The molecule has 13 heavy (non-hydrogen) atoms. The quantitative estimate of drug-likeness (QED) is 0.535. The van der Waals surface area contributed by atoms with Gasteiger partial charge >= 0.3 is 0 Å². The molecule has 1 aliphatic heterocycles. The molecule has 0 saturated carbocycles. The maximum absolute atomic E-state index is 5.77. The number of allylic oxidation sites excluding steroid dienone is 2. The van der Waals surface area contributed by atoms with Crippen LogP contribution in [0.3, 0.4) is 0 Å². The van der Waals surface area contributed by atoms with Crippen LogP contribution < -0.4 is 16.5 Å². The van der Waals surface area contributed by atoms with Crippen molar-refractivity contribution in [2.75, 3.05) is 7.05 Å². The molecule has 1 heterocycles. The number of likely N-dealkylation sites (N-methyl/N-ethyl adjacent to an activating group) is 1. The third kappa shape index (κ3) is 1.02. The molecule has 0 radical (unpaired) electrons. The van der Waals surface area contributed by atoms with Crippen LogP contribution in [0.25, 0.3) is 0 Å². The van der Waals surface area contributed by atoms with Gasteiger partial charge in [0.05, 0.1) is 11.1 Å². The van der Waals surface area contributed by atoms with Crippen molar-refractivity contribution in [3.8, 4) is 0 Å². The molecular weight excluding hydrogens is 166 g/mol. The topological polar surface area (TPSA) is 59.3 Å². The molecule has 0 fully saturated rings. The van der Waals surface area contributed by atoms with E-state index in [1.165, 1.54) is 0 Å². The number of nitrogens with two attached hydrogens (primary N) is 1. The number of rotatable bonds is 1. The zero-order chi connectivity index (χ0) is 9.47. The molecule has 1 aliphatic carbocycles. The molecule has 0 spiro atoms. The van der Waals surface area contributed by atoms with Gasteiger partial charge in [-0.05, 0) is 20.0 Å². The minimum atomic E-state index is -0.238. The highest BCUT2D eigenvalue weighted by Gasteiger charge is 2.36. The Bertz CT molecular complexity index is 330. The lowest BCUT2D eigenvalue weighted by Crippen LogP contribution is -2.41. The van der Waals surface area contributed by atoms with Gasteiger partial charge in [0, 0.05) is 0 Å². The van der Waals surface area contributed by atoms with E-state index in [0.717, 1.165) is 11.3 Å². The second kappa shape index (κ2) is 2.53. The van der Waals surface area contributed by atoms with E-state index in [9.17, 15) is 0 Å². The Hall–Kier alpha value is -1.42. The smallest absolute Gasteiger partial charge is 0.164 e. The van der Waals surface area contributed by atoms with Crippen molar-refractivity contribution in [3.05, 3.63) is 35.4 Å². The highest BCUT2D eigenvalue weighted by Crippen LogP contribution is 2.33. The molecule has 70 valence electrons. The summed E-state index contributed by atoms with van der Waals surface area (Å²) in [5, 5.41) is 3.20. The zero-order valence-corrected chi connectivity index (χ0v) is 7.72. The summed E-state index contributed by atoms with van der Waals surface area (Å²) in [6.07, 6.45) is 5.89. The molecule has 0 aromatic heterocycles. The van der Waals surface area contributed by atoms with Crippen LogP contribution >= 0.6 is 0 Å². The molecule has 1 atom stereocenters. The number of hydroxylamine groups is 1. The van der Waals surface area contributed by atoms with E-state index in [2.05, 4.69) is 23.8 Å². The van der Waals surface area contributed by atoms with Crippen molar-refractivity contribution >= 4 is 0 Å². The molecule has 1 unspecified atom stereocenters. The van der Waals surface area contributed by atoms with Gasteiger partial charge in [-0.25, -0.2) is 5.48 Å². The summed E-state index contributed by atoms with van der Waals surface area (Å²) in [6.45, 7) is 2.05. The molecule has 0 aromatic rings. The number of hydrogen-bond donors (Lipinski definition) is 3. The molecule has 4 N–H and O–H groups in total. The highest BCUT2D eigenvalue weighted by atomic mass is 16.7. The molecule has 2 rings (SSSR count). The predicted octanol–water partition coefficient (Wildman–Crippen LogP) is 0.123. The van der Waals surface area contributed by atoms with Gasteiger partial charge in [-0.2, -0.15) is 0 Å². The van der Waals surface area contributed by atoms with E-state index in [1.54, 1.807) is 0 Å². The summed E-state index contributed by atoms with van der Waals surface area (Å²) in [4.78, 5) is 5.19. The molecule has 2 aliphatic rings. The Morgan fingerprint density at radius 3 is 3.08 bits per heavy atom. The fraction of sp³-hybridized carbons (Fsp3) is 0.333. The molecule has 0 aromatic carbocycles. The minimum Gasteiger partial charge on any atom is -0.383 e. The molecule has 4 heteroatoms. The van der Waals surface area contributed by atoms with Crippen LogP contribution in [-0.2, 0) is 4.84 Å². The number of hydrogen-bond acceptors (Lipinski definition) is 4. The Kier molecular flexibility index (Phi) is 1.60. The molecular formula is C9H13N3O. The fourth-order valence-corrected chi connectivity index (χ4v) is 1.62. The largest absolute Gasteiger partial charge is 0.383 e. The first-order valence-corrected chi connectivity index (χ1v) is 4.19. The first-order chi connectivity index (χ1) is 6.17. The summed E-state index contributed by atoms with van der Waals surface area (Å²) in [5.41, 5.74) is 9.16. The van der Waals surface area contributed by atoms with Crippen LogP contribution in [-0.4, -0.2) is 12.6 Å². The van der Waals surface area contributed by atoms with E-state index in [0.29, 0.717) is 5.82 Å². The van der Waals surface area contributed by atoms with Crippen LogP contribution in [0.1, 0.15) is 6.92 Å². The van der Waals surface area contributed by atoms with Gasteiger partial charge in [0.15, 0.2) is 5.76 Å². The van der Waals surface area contributed by atoms with Crippen molar-refractivity contribution in [2.45, 2.75) is 12.5 Å². The Morgan fingerprint density at radius 1 is 1.62 bits per heavy atom. The van der Waals surface area contributed by atoms with E-state index in [1.807, 2.05) is 19.2 Å². The van der Waals surface area contributed by atoms with Crippen molar-refractivity contribution in [2.24, 2.45) is 5.73 Å². The lowest BCUT2D eigenvalue weighted by Gasteiger charge is -2.28. The van der Waals surface area contributed by atoms with Crippen molar-refractivity contribution in [1.82, 2.24) is 10.8 Å². The lowest BCUT2D eigenvalue weighted by atomic mass is 9.87. The van der Waals surface area contributed by atoms with Gasteiger partial charge < -0.3 is 15.9 Å². The van der Waals surface area contributed by atoms with Gasteiger partial charge in [0.25, 0.3) is 0 Å². The average molecular weight is 179 g/mol. The van der Waals surface area contributed by atoms with E-state index in [4.69, 9.17) is 10.6 Å². The van der Waals surface area contributed by atoms with Gasteiger partial charge in [-0.3, -0.25) is 0 Å². The predicted molar refractivity (Wildman–Crippen MR) is 50.1 cm³/mol. The monoisotopic (exact) mass is 179 g/mol. The Labute approximate surface area is 77.1 Å². The molecule has 4 nitrogen and oxygen atoms in total. The zero-order valence-electron chi connectivity index (χ0n) is 7.72. The van der Waals surface area contributed by atoms with Crippen LogP contribution in [0.15, 0.2) is 35.4 Å². The maximum atomic E-state index is 5.77. The minimum absolute atomic E-state index is 0.238. The first kappa shape index (κ1) is 8.19.